The van der Waals surface area contributed by atoms with Gasteiger partial charge in [-0.05, 0) is 38.5 Å². The van der Waals surface area contributed by atoms with E-state index in [0.717, 1.165) is 17.8 Å². The van der Waals surface area contributed by atoms with E-state index in [0.29, 0.717) is 6.54 Å². The lowest BCUT2D eigenvalue weighted by molar-refractivity contribution is -0.133. The van der Waals surface area contributed by atoms with E-state index in [1.165, 1.54) is 0 Å². The molecule has 3 rings (SSSR count). The molecule has 0 bridgehead atoms. The molecule has 0 aliphatic carbocycles. The van der Waals surface area contributed by atoms with Crippen molar-refractivity contribution in [1.82, 2.24) is 14.8 Å². The number of benzene rings is 1. The Morgan fingerprint density at radius 2 is 1.85 bits per heavy atom. The van der Waals surface area contributed by atoms with Crippen LogP contribution in [0.2, 0.25) is 0 Å². The van der Waals surface area contributed by atoms with Crippen molar-refractivity contribution in [1.29, 1.82) is 0 Å². The van der Waals surface area contributed by atoms with Crippen LogP contribution in [0.5, 0.6) is 0 Å². The van der Waals surface area contributed by atoms with Crippen molar-refractivity contribution in [3.63, 3.8) is 0 Å². The van der Waals surface area contributed by atoms with Gasteiger partial charge in [0, 0.05) is 37.9 Å². The first-order valence-electron chi connectivity index (χ1n) is 9.31. The van der Waals surface area contributed by atoms with Gasteiger partial charge in [0.25, 0.3) is 0 Å². The minimum absolute atomic E-state index is 0.0207. The van der Waals surface area contributed by atoms with E-state index in [9.17, 15) is 9.59 Å². The van der Waals surface area contributed by atoms with E-state index in [1.54, 1.807) is 0 Å². The predicted octanol–water partition coefficient (Wildman–Crippen LogP) is 3.33. The SMILES string of the molecule is CC(C)(C)OC(=O)NCCC(=O)N1CCn2cccc2C1c1ccccc1. The molecule has 0 radical (unpaired) electrons. The van der Waals surface area contributed by atoms with Gasteiger partial charge in [0.15, 0.2) is 0 Å². The number of fused-ring (bicyclic) bond motifs is 1. The van der Waals surface area contributed by atoms with Crippen LogP contribution in [-0.2, 0) is 16.1 Å². The Morgan fingerprint density at radius 1 is 1.11 bits per heavy atom. The first kappa shape index (κ1) is 19.0. The number of carbonyl (C=O) groups excluding carboxylic acids is 2. The molecule has 1 unspecified atom stereocenters. The Morgan fingerprint density at radius 3 is 2.56 bits per heavy atom. The minimum Gasteiger partial charge on any atom is -0.444 e. The molecule has 1 aliphatic rings. The molecule has 0 saturated heterocycles. The smallest absolute Gasteiger partial charge is 0.407 e. The number of ether oxygens (including phenoxy) is 1. The summed E-state index contributed by atoms with van der Waals surface area (Å²) < 4.78 is 7.41. The summed E-state index contributed by atoms with van der Waals surface area (Å²) in [7, 11) is 0. The highest BCUT2D eigenvalue weighted by molar-refractivity contribution is 5.78. The van der Waals surface area contributed by atoms with Crippen LogP contribution in [0, 0.1) is 0 Å². The Hall–Kier alpha value is -2.76. The number of carbonyl (C=O) groups is 2. The number of nitrogens with zero attached hydrogens (tertiary/aromatic N) is 2. The van der Waals surface area contributed by atoms with Gasteiger partial charge < -0.3 is 19.5 Å². The highest BCUT2D eigenvalue weighted by Crippen LogP contribution is 2.32. The highest BCUT2D eigenvalue weighted by atomic mass is 16.6. The lowest BCUT2D eigenvalue weighted by Crippen LogP contribution is -2.43. The van der Waals surface area contributed by atoms with Gasteiger partial charge in [-0.15, -0.1) is 0 Å². The first-order valence-corrected chi connectivity index (χ1v) is 9.31. The number of amides is 2. The van der Waals surface area contributed by atoms with Crippen molar-refractivity contribution in [2.45, 2.75) is 45.4 Å². The maximum Gasteiger partial charge on any atom is 0.407 e. The maximum absolute atomic E-state index is 12.9. The Balaban J connectivity index is 1.67. The fourth-order valence-corrected chi connectivity index (χ4v) is 3.37. The van der Waals surface area contributed by atoms with Crippen molar-refractivity contribution >= 4 is 12.0 Å². The molecule has 0 fully saturated rings. The summed E-state index contributed by atoms with van der Waals surface area (Å²) >= 11 is 0. The number of rotatable bonds is 4. The second kappa shape index (κ2) is 7.86. The number of nitrogens with one attached hydrogen (secondary N) is 1. The highest BCUT2D eigenvalue weighted by Gasteiger charge is 2.31. The Kier molecular flexibility index (Phi) is 5.54. The largest absolute Gasteiger partial charge is 0.444 e. The normalized spacial score (nSPS) is 16.6. The fraction of sp³-hybridized carbons (Fsp3) is 0.429. The van der Waals surface area contributed by atoms with Crippen LogP contribution in [0.15, 0.2) is 48.7 Å². The van der Waals surface area contributed by atoms with E-state index in [1.807, 2.05) is 62.1 Å². The van der Waals surface area contributed by atoms with E-state index in [-0.39, 0.29) is 24.9 Å². The monoisotopic (exact) mass is 369 g/mol. The zero-order valence-corrected chi connectivity index (χ0v) is 16.1. The first-order chi connectivity index (χ1) is 12.8. The molecule has 1 atom stereocenters. The van der Waals surface area contributed by atoms with Crippen LogP contribution in [0.25, 0.3) is 0 Å². The van der Waals surface area contributed by atoms with Crippen LogP contribution < -0.4 is 5.32 Å². The maximum atomic E-state index is 12.9. The second-order valence-electron chi connectivity index (χ2n) is 7.71. The van der Waals surface area contributed by atoms with Gasteiger partial charge in [0.05, 0.1) is 6.04 Å². The third kappa shape index (κ3) is 4.70. The Bertz CT molecular complexity index is 793. The van der Waals surface area contributed by atoms with Gasteiger partial charge in [0.1, 0.15) is 5.60 Å². The summed E-state index contributed by atoms with van der Waals surface area (Å²) in [5.41, 5.74) is 1.65. The number of hydrogen-bond donors (Lipinski definition) is 1. The Labute approximate surface area is 160 Å². The lowest BCUT2D eigenvalue weighted by Gasteiger charge is -2.37. The van der Waals surface area contributed by atoms with Crippen molar-refractivity contribution in [3.8, 4) is 0 Å². The quantitative estimate of drug-likeness (QED) is 0.899. The summed E-state index contributed by atoms with van der Waals surface area (Å²) in [5, 5.41) is 2.66. The summed E-state index contributed by atoms with van der Waals surface area (Å²) in [6, 6.07) is 14.0. The van der Waals surface area contributed by atoms with E-state index in [2.05, 4.69) is 22.1 Å². The van der Waals surface area contributed by atoms with Crippen molar-refractivity contribution in [2.24, 2.45) is 0 Å². The van der Waals surface area contributed by atoms with Crippen LogP contribution in [0.1, 0.15) is 44.5 Å². The molecule has 6 nitrogen and oxygen atoms in total. The second-order valence-corrected chi connectivity index (χ2v) is 7.71. The van der Waals surface area contributed by atoms with Crippen molar-refractivity contribution < 1.29 is 14.3 Å². The number of alkyl carbamates (subject to hydrolysis) is 1. The minimum atomic E-state index is -0.551. The molecule has 1 N–H and O–H groups in total. The number of hydrogen-bond acceptors (Lipinski definition) is 3. The van der Waals surface area contributed by atoms with E-state index >= 15 is 0 Å². The summed E-state index contributed by atoms with van der Waals surface area (Å²) in [6.45, 7) is 7.11. The molecule has 2 aromatic rings. The molecule has 1 aromatic carbocycles. The molecule has 2 amide bonds. The van der Waals surface area contributed by atoms with Crippen LogP contribution in [-0.4, -0.2) is 40.2 Å². The average Bonchev–Trinajstić information content (AvgIpc) is 3.08. The lowest BCUT2D eigenvalue weighted by atomic mass is 9.99. The predicted molar refractivity (Wildman–Crippen MR) is 103 cm³/mol. The molecule has 6 heteroatoms. The van der Waals surface area contributed by atoms with Gasteiger partial charge >= 0.3 is 6.09 Å². The van der Waals surface area contributed by atoms with E-state index < -0.39 is 11.7 Å². The molecule has 0 spiro atoms. The topological polar surface area (TPSA) is 63.6 Å². The molecule has 1 aromatic heterocycles. The summed E-state index contributed by atoms with van der Waals surface area (Å²) in [4.78, 5) is 26.6. The van der Waals surface area contributed by atoms with Crippen molar-refractivity contribution in [3.05, 3.63) is 59.9 Å². The van der Waals surface area contributed by atoms with Crippen molar-refractivity contribution in [2.75, 3.05) is 13.1 Å². The average molecular weight is 369 g/mol. The van der Waals surface area contributed by atoms with Gasteiger partial charge in [-0.25, -0.2) is 4.79 Å². The zero-order chi connectivity index (χ0) is 19.4. The molecule has 144 valence electrons. The molecule has 2 heterocycles. The molecular formula is C21H27N3O3. The van der Waals surface area contributed by atoms with Crippen LogP contribution in [0.4, 0.5) is 4.79 Å². The summed E-state index contributed by atoms with van der Waals surface area (Å²) in [5.74, 6) is 0.0207. The molecule has 27 heavy (non-hydrogen) atoms. The van der Waals surface area contributed by atoms with Crippen LogP contribution >= 0.6 is 0 Å². The van der Waals surface area contributed by atoms with E-state index in [4.69, 9.17) is 4.74 Å². The third-order valence-electron chi connectivity index (χ3n) is 4.48. The fourth-order valence-electron chi connectivity index (χ4n) is 3.37. The number of aromatic nitrogens is 1. The van der Waals surface area contributed by atoms with Crippen LogP contribution in [0.3, 0.4) is 0 Å². The van der Waals surface area contributed by atoms with Gasteiger partial charge in [-0.1, -0.05) is 30.3 Å². The molecule has 1 aliphatic heterocycles. The van der Waals surface area contributed by atoms with Gasteiger partial charge in [-0.3, -0.25) is 4.79 Å². The molecular weight excluding hydrogens is 342 g/mol. The third-order valence-corrected chi connectivity index (χ3v) is 4.48. The van der Waals surface area contributed by atoms with Gasteiger partial charge in [-0.2, -0.15) is 0 Å². The zero-order valence-electron chi connectivity index (χ0n) is 16.1. The molecule has 0 saturated carbocycles. The summed E-state index contributed by atoms with van der Waals surface area (Å²) in [6.07, 6.45) is 1.79. The van der Waals surface area contributed by atoms with Gasteiger partial charge in [0.2, 0.25) is 5.91 Å². The standard InChI is InChI=1S/C21H27N3O3/c1-21(2,3)27-20(26)22-12-11-18(25)24-15-14-23-13-7-10-17(23)19(24)16-8-5-4-6-9-16/h4-10,13,19H,11-12,14-15H2,1-3H3,(H,22,26).